The fourth-order valence-electron chi connectivity index (χ4n) is 2.00. The van der Waals surface area contributed by atoms with Crippen molar-refractivity contribution in [3.63, 3.8) is 0 Å². The maximum absolute atomic E-state index is 11.5. The number of carbonyl (C=O) groups is 1. The lowest BCUT2D eigenvalue weighted by Crippen LogP contribution is -2.45. The van der Waals surface area contributed by atoms with Crippen LogP contribution in [-0.2, 0) is 9.53 Å². The number of hydrogen-bond acceptors (Lipinski definition) is 3. The summed E-state index contributed by atoms with van der Waals surface area (Å²) in [6.07, 6.45) is 1.69. The van der Waals surface area contributed by atoms with Crippen LogP contribution in [0.4, 0.5) is 0 Å². The second kappa shape index (κ2) is 6.35. The van der Waals surface area contributed by atoms with Gasteiger partial charge in [-0.15, -0.1) is 0 Å². The Balaban J connectivity index is 2.42. The molecule has 5 heteroatoms. The lowest BCUT2D eigenvalue weighted by Gasteiger charge is -2.32. The van der Waals surface area contributed by atoms with E-state index in [9.17, 15) is 4.79 Å². The van der Waals surface area contributed by atoms with Crippen molar-refractivity contribution in [2.24, 2.45) is 10.9 Å². The van der Waals surface area contributed by atoms with Crippen LogP contribution < -0.4 is 5.32 Å². The van der Waals surface area contributed by atoms with Gasteiger partial charge in [-0.25, -0.2) is 0 Å². The van der Waals surface area contributed by atoms with E-state index in [4.69, 9.17) is 4.74 Å². The van der Waals surface area contributed by atoms with Gasteiger partial charge in [0.25, 0.3) is 0 Å². The van der Waals surface area contributed by atoms with Crippen LogP contribution in [0.2, 0.25) is 0 Å². The van der Waals surface area contributed by atoms with Crippen molar-refractivity contribution in [2.45, 2.75) is 19.8 Å². The zero-order valence-corrected chi connectivity index (χ0v) is 10.3. The van der Waals surface area contributed by atoms with E-state index in [0.717, 1.165) is 31.9 Å². The lowest BCUT2D eigenvalue weighted by molar-refractivity contribution is -0.149. The van der Waals surface area contributed by atoms with Gasteiger partial charge in [0, 0.05) is 27.2 Å². The molecule has 0 aromatic heterocycles. The molecule has 0 amide bonds. The molecule has 1 rings (SSSR count). The molecule has 0 saturated carbocycles. The van der Waals surface area contributed by atoms with Crippen LogP contribution in [0.1, 0.15) is 19.8 Å². The highest BCUT2D eigenvalue weighted by Gasteiger charge is 2.26. The number of esters is 1. The Morgan fingerprint density at radius 3 is 2.56 bits per heavy atom. The minimum absolute atomic E-state index is 0.0541. The van der Waals surface area contributed by atoms with Crippen LogP contribution >= 0.6 is 0 Å². The summed E-state index contributed by atoms with van der Waals surface area (Å²) in [6, 6.07) is 0. The first-order chi connectivity index (χ1) is 7.72. The molecule has 0 bridgehead atoms. The predicted octanol–water partition coefficient (Wildman–Crippen LogP) is 0.467. The number of carbonyl (C=O) groups excluding carboxylic acids is 1. The molecule has 5 nitrogen and oxygen atoms in total. The van der Waals surface area contributed by atoms with Crippen LogP contribution in [0.15, 0.2) is 4.99 Å². The van der Waals surface area contributed by atoms with Crippen molar-refractivity contribution in [1.82, 2.24) is 10.2 Å². The molecule has 1 aliphatic rings. The summed E-state index contributed by atoms with van der Waals surface area (Å²) in [7, 11) is 3.63. The smallest absolute Gasteiger partial charge is 0.309 e. The molecule has 16 heavy (non-hydrogen) atoms. The molecule has 0 unspecified atom stereocenters. The average molecular weight is 227 g/mol. The van der Waals surface area contributed by atoms with E-state index in [2.05, 4.69) is 15.2 Å². The van der Waals surface area contributed by atoms with Crippen molar-refractivity contribution in [1.29, 1.82) is 0 Å². The number of ether oxygens (including phenoxy) is 1. The fraction of sp³-hybridized carbons (Fsp3) is 0.818. The normalized spacial score (nSPS) is 18.4. The molecule has 1 saturated heterocycles. The third kappa shape index (κ3) is 3.12. The van der Waals surface area contributed by atoms with Crippen LogP contribution in [-0.4, -0.2) is 50.6 Å². The van der Waals surface area contributed by atoms with E-state index in [1.165, 1.54) is 0 Å². The Bertz CT molecular complexity index is 258. The molecule has 1 heterocycles. The standard InChI is InChI=1S/C11H21N3O2/c1-4-16-10(15)9-5-7-14(8-6-9)11(12-2)13-3/h9H,4-8H2,1-3H3,(H,12,13). The van der Waals surface area contributed by atoms with Gasteiger partial charge in [0.15, 0.2) is 5.96 Å². The monoisotopic (exact) mass is 227 g/mol. The minimum Gasteiger partial charge on any atom is -0.466 e. The zero-order chi connectivity index (χ0) is 12.0. The molecule has 0 radical (unpaired) electrons. The zero-order valence-electron chi connectivity index (χ0n) is 10.3. The molecule has 1 aliphatic heterocycles. The second-order valence-corrected chi connectivity index (χ2v) is 3.81. The topological polar surface area (TPSA) is 53.9 Å². The van der Waals surface area contributed by atoms with Crippen molar-refractivity contribution in [2.75, 3.05) is 33.8 Å². The van der Waals surface area contributed by atoms with Gasteiger partial charge in [-0.1, -0.05) is 0 Å². The van der Waals surface area contributed by atoms with E-state index in [1.807, 2.05) is 14.0 Å². The largest absolute Gasteiger partial charge is 0.466 e. The first-order valence-electron chi connectivity index (χ1n) is 5.79. The van der Waals surface area contributed by atoms with Gasteiger partial charge in [-0.2, -0.15) is 0 Å². The van der Waals surface area contributed by atoms with E-state index >= 15 is 0 Å². The SMILES string of the molecule is CCOC(=O)C1CCN(C(=NC)NC)CC1. The van der Waals surface area contributed by atoms with Crippen LogP contribution in [0.5, 0.6) is 0 Å². The van der Waals surface area contributed by atoms with Gasteiger partial charge in [-0.3, -0.25) is 9.79 Å². The Morgan fingerprint density at radius 2 is 2.12 bits per heavy atom. The summed E-state index contributed by atoms with van der Waals surface area (Å²) < 4.78 is 5.03. The predicted molar refractivity (Wildman–Crippen MR) is 63.3 cm³/mol. The molecule has 1 fully saturated rings. The van der Waals surface area contributed by atoms with Gasteiger partial charge in [0.1, 0.15) is 0 Å². The lowest BCUT2D eigenvalue weighted by atomic mass is 9.97. The van der Waals surface area contributed by atoms with Gasteiger partial charge in [0.05, 0.1) is 12.5 Å². The molecular weight excluding hydrogens is 206 g/mol. The Hall–Kier alpha value is -1.26. The summed E-state index contributed by atoms with van der Waals surface area (Å²) >= 11 is 0. The van der Waals surface area contributed by atoms with Crippen molar-refractivity contribution >= 4 is 11.9 Å². The average Bonchev–Trinajstić information content (AvgIpc) is 2.32. The first-order valence-corrected chi connectivity index (χ1v) is 5.79. The summed E-state index contributed by atoms with van der Waals surface area (Å²) in [5.41, 5.74) is 0. The molecular formula is C11H21N3O2. The van der Waals surface area contributed by atoms with Gasteiger partial charge in [0.2, 0.25) is 0 Å². The number of piperidine rings is 1. The highest BCUT2D eigenvalue weighted by molar-refractivity contribution is 5.80. The minimum atomic E-state index is -0.0541. The second-order valence-electron chi connectivity index (χ2n) is 3.81. The highest BCUT2D eigenvalue weighted by Crippen LogP contribution is 2.18. The molecule has 0 spiro atoms. The summed E-state index contributed by atoms with van der Waals surface area (Å²) in [5, 5.41) is 3.05. The number of nitrogens with zero attached hydrogens (tertiary/aromatic N) is 2. The summed E-state index contributed by atoms with van der Waals surface area (Å²) in [4.78, 5) is 17.8. The third-order valence-electron chi connectivity index (χ3n) is 2.85. The molecule has 0 aromatic carbocycles. The van der Waals surface area contributed by atoms with E-state index in [1.54, 1.807) is 7.05 Å². The summed E-state index contributed by atoms with van der Waals surface area (Å²) in [5.74, 6) is 0.898. The molecule has 92 valence electrons. The van der Waals surface area contributed by atoms with Gasteiger partial charge >= 0.3 is 5.97 Å². The Morgan fingerprint density at radius 1 is 1.50 bits per heavy atom. The van der Waals surface area contributed by atoms with Gasteiger partial charge in [-0.05, 0) is 19.8 Å². The van der Waals surface area contributed by atoms with E-state index < -0.39 is 0 Å². The van der Waals surface area contributed by atoms with Crippen LogP contribution in [0, 0.1) is 5.92 Å². The number of likely N-dealkylation sites (tertiary alicyclic amines) is 1. The Kier molecular flexibility index (Phi) is 5.08. The fourth-order valence-corrected chi connectivity index (χ4v) is 2.00. The number of aliphatic imine (C=N–C) groups is 1. The molecule has 0 atom stereocenters. The van der Waals surface area contributed by atoms with Crippen molar-refractivity contribution < 1.29 is 9.53 Å². The quantitative estimate of drug-likeness (QED) is 0.423. The van der Waals surface area contributed by atoms with E-state index in [-0.39, 0.29) is 11.9 Å². The highest BCUT2D eigenvalue weighted by atomic mass is 16.5. The molecule has 0 aliphatic carbocycles. The first kappa shape index (κ1) is 12.8. The van der Waals surface area contributed by atoms with Crippen molar-refractivity contribution in [3.8, 4) is 0 Å². The third-order valence-corrected chi connectivity index (χ3v) is 2.85. The number of rotatable bonds is 2. The number of hydrogen-bond donors (Lipinski definition) is 1. The van der Waals surface area contributed by atoms with Gasteiger partial charge < -0.3 is 15.0 Å². The van der Waals surface area contributed by atoms with Crippen LogP contribution in [0.25, 0.3) is 0 Å². The Labute approximate surface area is 96.9 Å². The molecule has 1 N–H and O–H groups in total. The summed E-state index contributed by atoms with van der Waals surface area (Å²) in [6.45, 7) is 4.03. The van der Waals surface area contributed by atoms with E-state index in [0.29, 0.717) is 6.61 Å². The van der Waals surface area contributed by atoms with Crippen LogP contribution in [0.3, 0.4) is 0 Å². The maximum atomic E-state index is 11.5. The molecule has 0 aromatic rings. The maximum Gasteiger partial charge on any atom is 0.309 e. The number of nitrogens with one attached hydrogen (secondary N) is 1. The van der Waals surface area contributed by atoms with Crippen molar-refractivity contribution in [3.05, 3.63) is 0 Å². The number of guanidine groups is 1.